The highest BCUT2D eigenvalue weighted by Gasteiger charge is 2.17. The van der Waals surface area contributed by atoms with E-state index >= 15 is 0 Å². The first-order valence-corrected chi connectivity index (χ1v) is 7.64. The molecule has 1 heterocycles. The van der Waals surface area contributed by atoms with Crippen molar-refractivity contribution < 1.29 is 5.11 Å². The summed E-state index contributed by atoms with van der Waals surface area (Å²) in [5, 5.41) is 12.5. The van der Waals surface area contributed by atoms with Gasteiger partial charge in [-0.1, -0.05) is 25.1 Å². The zero-order valence-electron chi connectivity index (χ0n) is 12.7. The summed E-state index contributed by atoms with van der Waals surface area (Å²) in [6.07, 6.45) is 0. The van der Waals surface area contributed by atoms with Gasteiger partial charge in [-0.25, -0.2) is 0 Å². The second-order valence-corrected chi connectivity index (χ2v) is 5.51. The molecule has 0 bridgehead atoms. The first-order valence-electron chi connectivity index (χ1n) is 7.64. The van der Waals surface area contributed by atoms with Crippen LogP contribution in [0.4, 0.5) is 5.69 Å². The van der Waals surface area contributed by atoms with Gasteiger partial charge in [0.2, 0.25) is 0 Å². The number of aliphatic hydroxyl groups excluding tert-OH is 1. The lowest BCUT2D eigenvalue weighted by atomic mass is 10.1. The maximum absolute atomic E-state index is 9.11. The quantitative estimate of drug-likeness (QED) is 0.822. The normalized spacial score (nSPS) is 18.2. The van der Waals surface area contributed by atoms with Gasteiger partial charge in [0.1, 0.15) is 0 Å². The second kappa shape index (κ2) is 7.62. The van der Waals surface area contributed by atoms with E-state index in [4.69, 9.17) is 5.11 Å². The summed E-state index contributed by atoms with van der Waals surface area (Å²) in [6.45, 7) is 10.8. The Bertz CT molecular complexity index is 402. The predicted octanol–water partition coefficient (Wildman–Crippen LogP) is 1.30. The fraction of sp³-hybridized carbons (Fsp3) is 0.625. The summed E-state index contributed by atoms with van der Waals surface area (Å²) in [5.41, 5.74) is 2.65. The van der Waals surface area contributed by atoms with Crippen LogP contribution in [0.5, 0.6) is 0 Å². The Balaban J connectivity index is 2.00. The van der Waals surface area contributed by atoms with Gasteiger partial charge in [0.05, 0.1) is 6.61 Å². The number of nitrogens with zero attached hydrogens (tertiary/aromatic N) is 2. The van der Waals surface area contributed by atoms with Crippen LogP contribution in [-0.4, -0.2) is 55.4 Å². The van der Waals surface area contributed by atoms with E-state index in [2.05, 4.69) is 46.3 Å². The topological polar surface area (TPSA) is 38.7 Å². The average Bonchev–Trinajstić information content (AvgIpc) is 2.53. The molecule has 1 fully saturated rings. The number of likely N-dealkylation sites (N-methyl/N-ethyl adjacent to an activating group) is 1. The fourth-order valence-electron chi connectivity index (χ4n) is 2.62. The van der Waals surface area contributed by atoms with Crippen LogP contribution in [0.2, 0.25) is 0 Å². The lowest BCUT2D eigenvalue weighted by molar-refractivity contribution is 0.251. The molecular weight excluding hydrogens is 250 g/mol. The molecule has 0 amide bonds. The van der Waals surface area contributed by atoms with Crippen molar-refractivity contribution in [3.63, 3.8) is 0 Å². The van der Waals surface area contributed by atoms with Crippen LogP contribution < -0.4 is 10.2 Å². The molecule has 1 atom stereocenters. The zero-order chi connectivity index (χ0) is 14.4. The third kappa shape index (κ3) is 3.95. The average molecular weight is 277 g/mol. The highest BCUT2D eigenvalue weighted by Crippen LogP contribution is 2.21. The van der Waals surface area contributed by atoms with E-state index < -0.39 is 0 Å². The van der Waals surface area contributed by atoms with Crippen LogP contribution in [0.1, 0.15) is 19.4 Å². The van der Waals surface area contributed by atoms with Gasteiger partial charge in [-0.3, -0.25) is 0 Å². The minimum Gasteiger partial charge on any atom is -0.395 e. The molecule has 0 radical (unpaired) electrons. The Labute approximate surface area is 122 Å². The third-order valence-corrected chi connectivity index (χ3v) is 4.07. The summed E-state index contributed by atoms with van der Waals surface area (Å²) in [4.78, 5) is 4.97. The number of anilines is 1. The minimum absolute atomic E-state index is 0.139. The van der Waals surface area contributed by atoms with Crippen molar-refractivity contribution in [2.45, 2.75) is 26.4 Å². The molecule has 0 saturated carbocycles. The van der Waals surface area contributed by atoms with Gasteiger partial charge in [0.15, 0.2) is 0 Å². The van der Waals surface area contributed by atoms with Crippen molar-refractivity contribution in [3.05, 3.63) is 29.8 Å². The van der Waals surface area contributed by atoms with Crippen LogP contribution >= 0.6 is 0 Å². The highest BCUT2D eigenvalue weighted by molar-refractivity contribution is 5.54. The van der Waals surface area contributed by atoms with Gasteiger partial charge in [-0.05, 0) is 25.1 Å². The van der Waals surface area contributed by atoms with E-state index in [1.165, 1.54) is 11.3 Å². The SMILES string of the molecule is CCN1CCN(c2ccccc2CNC(C)CO)CC1. The Morgan fingerprint density at radius 3 is 2.55 bits per heavy atom. The number of aliphatic hydroxyl groups is 1. The number of para-hydroxylation sites is 1. The summed E-state index contributed by atoms with van der Waals surface area (Å²) < 4.78 is 0. The van der Waals surface area contributed by atoms with Crippen molar-refractivity contribution >= 4 is 5.69 Å². The molecule has 1 unspecified atom stereocenters. The monoisotopic (exact) mass is 277 g/mol. The standard InChI is InChI=1S/C16H27N3O/c1-3-18-8-10-19(11-9-18)16-7-5-4-6-15(16)12-17-14(2)13-20/h4-7,14,17,20H,3,8-13H2,1-2H3. The molecule has 1 aromatic carbocycles. The number of nitrogens with one attached hydrogen (secondary N) is 1. The van der Waals surface area contributed by atoms with Crippen LogP contribution in [0, 0.1) is 0 Å². The minimum atomic E-state index is 0.139. The third-order valence-electron chi connectivity index (χ3n) is 4.07. The first kappa shape index (κ1) is 15.3. The lowest BCUT2D eigenvalue weighted by Crippen LogP contribution is -2.46. The summed E-state index contributed by atoms with van der Waals surface area (Å²) in [7, 11) is 0. The van der Waals surface area contributed by atoms with E-state index in [9.17, 15) is 0 Å². The van der Waals surface area contributed by atoms with Crippen molar-refractivity contribution in [1.82, 2.24) is 10.2 Å². The van der Waals surface area contributed by atoms with Crippen LogP contribution in [0.3, 0.4) is 0 Å². The van der Waals surface area contributed by atoms with Gasteiger partial charge >= 0.3 is 0 Å². The predicted molar refractivity (Wildman–Crippen MR) is 84.2 cm³/mol. The maximum Gasteiger partial charge on any atom is 0.0582 e. The Kier molecular flexibility index (Phi) is 5.83. The van der Waals surface area contributed by atoms with Gasteiger partial charge in [0.25, 0.3) is 0 Å². The van der Waals surface area contributed by atoms with Crippen LogP contribution in [0.15, 0.2) is 24.3 Å². The number of rotatable bonds is 6. The smallest absolute Gasteiger partial charge is 0.0582 e. The lowest BCUT2D eigenvalue weighted by Gasteiger charge is -2.36. The number of piperazine rings is 1. The molecule has 0 aliphatic carbocycles. The van der Waals surface area contributed by atoms with E-state index in [0.717, 1.165) is 39.3 Å². The maximum atomic E-state index is 9.11. The number of hydrogen-bond acceptors (Lipinski definition) is 4. The second-order valence-electron chi connectivity index (χ2n) is 5.51. The molecule has 1 saturated heterocycles. The van der Waals surface area contributed by atoms with E-state index in [1.807, 2.05) is 6.92 Å². The molecule has 4 heteroatoms. The van der Waals surface area contributed by atoms with Gasteiger partial charge in [0, 0.05) is 44.5 Å². The van der Waals surface area contributed by atoms with Crippen molar-refractivity contribution in [3.8, 4) is 0 Å². The molecule has 1 aliphatic rings. The van der Waals surface area contributed by atoms with Gasteiger partial charge in [-0.2, -0.15) is 0 Å². The molecule has 0 aromatic heterocycles. The summed E-state index contributed by atoms with van der Waals surface area (Å²) in [6, 6.07) is 8.73. The molecule has 1 aliphatic heterocycles. The van der Waals surface area contributed by atoms with E-state index in [0.29, 0.717) is 0 Å². The Morgan fingerprint density at radius 2 is 1.90 bits per heavy atom. The zero-order valence-corrected chi connectivity index (χ0v) is 12.7. The molecule has 0 spiro atoms. The van der Waals surface area contributed by atoms with Crippen LogP contribution in [-0.2, 0) is 6.54 Å². The van der Waals surface area contributed by atoms with Crippen molar-refractivity contribution in [2.75, 3.05) is 44.2 Å². The number of benzene rings is 1. The number of hydrogen-bond donors (Lipinski definition) is 2. The molecule has 20 heavy (non-hydrogen) atoms. The highest BCUT2D eigenvalue weighted by atomic mass is 16.3. The Hall–Kier alpha value is -1.10. The van der Waals surface area contributed by atoms with E-state index in [-0.39, 0.29) is 12.6 Å². The largest absolute Gasteiger partial charge is 0.395 e. The Morgan fingerprint density at radius 1 is 1.20 bits per heavy atom. The first-order chi connectivity index (χ1) is 9.74. The molecule has 4 nitrogen and oxygen atoms in total. The van der Waals surface area contributed by atoms with Crippen molar-refractivity contribution in [2.24, 2.45) is 0 Å². The molecule has 112 valence electrons. The summed E-state index contributed by atoms with van der Waals surface area (Å²) >= 11 is 0. The fourth-order valence-corrected chi connectivity index (χ4v) is 2.62. The molecule has 1 aromatic rings. The summed E-state index contributed by atoms with van der Waals surface area (Å²) in [5.74, 6) is 0. The van der Waals surface area contributed by atoms with Crippen molar-refractivity contribution in [1.29, 1.82) is 0 Å². The van der Waals surface area contributed by atoms with E-state index in [1.54, 1.807) is 0 Å². The van der Waals surface area contributed by atoms with Gasteiger partial charge < -0.3 is 20.2 Å². The molecule has 2 N–H and O–H groups in total. The van der Waals surface area contributed by atoms with Gasteiger partial charge in [-0.15, -0.1) is 0 Å². The molecule has 2 rings (SSSR count). The molecular formula is C16H27N3O. The van der Waals surface area contributed by atoms with Crippen LogP contribution in [0.25, 0.3) is 0 Å².